The Morgan fingerprint density at radius 3 is 2.94 bits per heavy atom. The number of aromatic amines is 1. The quantitative estimate of drug-likeness (QED) is 0.626. The number of nitrogens with two attached hydrogens (primary N) is 1. The summed E-state index contributed by atoms with van der Waals surface area (Å²) in [4.78, 5) is 15.4. The van der Waals surface area contributed by atoms with Crippen molar-refractivity contribution in [3.63, 3.8) is 0 Å². The van der Waals surface area contributed by atoms with E-state index >= 15 is 0 Å². The van der Waals surface area contributed by atoms with Gasteiger partial charge >= 0.3 is 0 Å². The Hall–Kier alpha value is -1.43. The van der Waals surface area contributed by atoms with Crippen molar-refractivity contribution in [1.29, 1.82) is 0 Å². The highest BCUT2D eigenvalue weighted by Gasteiger charge is 2.12. The molecule has 0 bridgehead atoms. The van der Waals surface area contributed by atoms with Gasteiger partial charge in [-0.25, -0.2) is 4.98 Å². The number of carbonyl (C=O) groups is 1. The molecule has 6 nitrogen and oxygen atoms in total. The number of aromatic nitrogens is 3. The topological polar surface area (TPSA) is 96.7 Å². The average molecular weight is 225 g/mol. The number of nitrogens with zero attached hydrogens (tertiary/aromatic N) is 2. The number of hydrogen-bond donors (Lipinski definition) is 3. The number of carbonyl (C=O) groups excluding carboxylic acids is 1. The highest BCUT2D eigenvalue weighted by molar-refractivity contribution is 5.76. The highest BCUT2D eigenvalue weighted by atomic mass is 16.1. The first kappa shape index (κ1) is 12.6. The van der Waals surface area contributed by atoms with Crippen molar-refractivity contribution in [2.24, 2.45) is 11.7 Å². The largest absolute Gasteiger partial charge is 0.356 e. The maximum Gasteiger partial charge on any atom is 0.221 e. The Morgan fingerprint density at radius 2 is 2.38 bits per heavy atom. The van der Waals surface area contributed by atoms with Crippen LogP contribution in [0.1, 0.15) is 26.1 Å². The van der Waals surface area contributed by atoms with Gasteiger partial charge in [-0.1, -0.05) is 13.8 Å². The lowest BCUT2D eigenvalue weighted by Crippen LogP contribution is -2.35. The molecule has 0 saturated heterocycles. The molecule has 90 valence electrons. The van der Waals surface area contributed by atoms with E-state index in [0.29, 0.717) is 25.3 Å². The molecule has 1 amide bonds. The standard InChI is InChI=1S/C10H19N5O/c1-7(2)8(11)5-10(16)12-4-3-9-13-6-14-15-9/h6-8H,3-5,11H2,1-2H3,(H,12,16)(H,13,14,15). The third-order valence-electron chi connectivity index (χ3n) is 2.43. The minimum Gasteiger partial charge on any atom is -0.356 e. The van der Waals surface area contributed by atoms with Crippen molar-refractivity contribution in [3.05, 3.63) is 12.2 Å². The van der Waals surface area contributed by atoms with Crippen LogP contribution in [0.2, 0.25) is 0 Å². The van der Waals surface area contributed by atoms with Gasteiger partial charge in [-0.15, -0.1) is 0 Å². The summed E-state index contributed by atoms with van der Waals surface area (Å²) >= 11 is 0. The van der Waals surface area contributed by atoms with Crippen molar-refractivity contribution < 1.29 is 4.79 Å². The third-order valence-corrected chi connectivity index (χ3v) is 2.43. The molecule has 1 unspecified atom stereocenters. The Balaban J connectivity index is 2.15. The van der Waals surface area contributed by atoms with Crippen LogP contribution in [-0.4, -0.2) is 33.7 Å². The summed E-state index contributed by atoms with van der Waals surface area (Å²) in [5, 5.41) is 9.26. The number of H-pyrrole nitrogens is 1. The van der Waals surface area contributed by atoms with Crippen molar-refractivity contribution in [2.75, 3.05) is 6.54 Å². The average Bonchev–Trinajstić information content (AvgIpc) is 2.70. The first-order valence-corrected chi connectivity index (χ1v) is 5.46. The lowest BCUT2D eigenvalue weighted by molar-refractivity contribution is -0.121. The Bertz CT molecular complexity index is 309. The van der Waals surface area contributed by atoms with E-state index < -0.39 is 0 Å². The van der Waals surface area contributed by atoms with Crippen LogP contribution in [0.15, 0.2) is 6.33 Å². The Labute approximate surface area is 95.0 Å². The molecule has 1 aromatic rings. The molecule has 0 aliphatic rings. The molecule has 0 aliphatic carbocycles. The van der Waals surface area contributed by atoms with Crippen LogP contribution >= 0.6 is 0 Å². The van der Waals surface area contributed by atoms with Gasteiger partial charge < -0.3 is 11.1 Å². The van der Waals surface area contributed by atoms with Gasteiger partial charge in [0.2, 0.25) is 5.91 Å². The van der Waals surface area contributed by atoms with Gasteiger partial charge in [0.25, 0.3) is 0 Å². The predicted molar refractivity (Wildman–Crippen MR) is 60.5 cm³/mol. The van der Waals surface area contributed by atoms with Crippen LogP contribution in [0.3, 0.4) is 0 Å². The molecule has 0 spiro atoms. The number of hydrogen-bond acceptors (Lipinski definition) is 4. The van der Waals surface area contributed by atoms with Crippen LogP contribution in [0.5, 0.6) is 0 Å². The van der Waals surface area contributed by atoms with E-state index in [0.717, 1.165) is 5.82 Å². The van der Waals surface area contributed by atoms with Gasteiger partial charge in [0.05, 0.1) is 0 Å². The second-order valence-electron chi connectivity index (χ2n) is 4.14. The molecule has 0 fully saturated rings. The molecular weight excluding hydrogens is 206 g/mol. The summed E-state index contributed by atoms with van der Waals surface area (Å²) in [6.07, 6.45) is 2.47. The van der Waals surface area contributed by atoms with E-state index in [1.807, 2.05) is 13.8 Å². The molecular formula is C10H19N5O. The lowest BCUT2D eigenvalue weighted by atomic mass is 10.0. The normalized spacial score (nSPS) is 12.8. The molecule has 0 radical (unpaired) electrons. The summed E-state index contributed by atoms with van der Waals surface area (Å²) in [5.41, 5.74) is 5.79. The first-order valence-electron chi connectivity index (χ1n) is 5.46. The maximum atomic E-state index is 11.4. The molecule has 1 atom stereocenters. The van der Waals surface area contributed by atoms with E-state index in [9.17, 15) is 4.79 Å². The molecule has 1 rings (SSSR count). The maximum absolute atomic E-state index is 11.4. The third kappa shape index (κ3) is 4.39. The Morgan fingerprint density at radius 1 is 1.62 bits per heavy atom. The van der Waals surface area contributed by atoms with Gasteiger partial charge in [0, 0.05) is 25.4 Å². The van der Waals surface area contributed by atoms with Crippen molar-refractivity contribution in [1.82, 2.24) is 20.5 Å². The van der Waals surface area contributed by atoms with E-state index in [1.165, 1.54) is 6.33 Å². The molecule has 0 aliphatic heterocycles. The molecule has 4 N–H and O–H groups in total. The zero-order valence-corrected chi connectivity index (χ0v) is 9.73. The zero-order chi connectivity index (χ0) is 12.0. The van der Waals surface area contributed by atoms with Crippen LogP contribution in [0, 0.1) is 5.92 Å². The van der Waals surface area contributed by atoms with Gasteiger partial charge in [-0.2, -0.15) is 5.10 Å². The second-order valence-corrected chi connectivity index (χ2v) is 4.14. The summed E-state index contributed by atoms with van der Waals surface area (Å²) in [6, 6.07) is -0.0784. The number of amides is 1. The molecule has 16 heavy (non-hydrogen) atoms. The van der Waals surface area contributed by atoms with E-state index in [1.54, 1.807) is 0 Å². The highest BCUT2D eigenvalue weighted by Crippen LogP contribution is 2.02. The molecule has 0 saturated carbocycles. The molecule has 1 heterocycles. The molecule has 1 aromatic heterocycles. The van der Waals surface area contributed by atoms with E-state index in [2.05, 4.69) is 20.5 Å². The summed E-state index contributed by atoms with van der Waals surface area (Å²) in [5.74, 6) is 1.08. The van der Waals surface area contributed by atoms with Crippen molar-refractivity contribution >= 4 is 5.91 Å². The summed E-state index contributed by atoms with van der Waals surface area (Å²) in [7, 11) is 0. The SMILES string of the molecule is CC(C)C(N)CC(=O)NCCc1ncn[nH]1. The van der Waals surface area contributed by atoms with E-state index in [4.69, 9.17) is 5.73 Å². The fourth-order valence-corrected chi connectivity index (χ4v) is 1.19. The van der Waals surface area contributed by atoms with Gasteiger partial charge in [0.15, 0.2) is 0 Å². The van der Waals surface area contributed by atoms with Crippen LogP contribution in [0.25, 0.3) is 0 Å². The monoisotopic (exact) mass is 225 g/mol. The summed E-state index contributed by atoms with van der Waals surface area (Å²) < 4.78 is 0. The minimum absolute atomic E-state index is 0.0132. The minimum atomic E-state index is -0.0784. The van der Waals surface area contributed by atoms with Crippen LogP contribution in [0.4, 0.5) is 0 Å². The van der Waals surface area contributed by atoms with Crippen molar-refractivity contribution in [2.45, 2.75) is 32.7 Å². The predicted octanol–water partition coefficient (Wildman–Crippen LogP) is -0.163. The molecule has 0 aromatic carbocycles. The lowest BCUT2D eigenvalue weighted by Gasteiger charge is -2.14. The van der Waals surface area contributed by atoms with Crippen LogP contribution < -0.4 is 11.1 Å². The van der Waals surface area contributed by atoms with Gasteiger partial charge in [0.1, 0.15) is 12.2 Å². The first-order chi connectivity index (χ1) is 7.59. The van der Waals surface area contributed by atoms with E-state index in [-0.39, 0.29) is 11.9 Å². The van der Waals surface area contributed by atoms with Crippen molar-refractivity contribution in [3.8, 4) is 0 Å². The number of nitrogens with one attached hydrogen (secondary N) is 2. The summed E-state index contributed by atoms with van der Waals surface area (Å²) in [6.45, 7) is 4.57. The fraction of sp³-hybridized carbons (Fsp3) is 0.700. The Kier molecular flexibility index (Phi) is 4.91. The number of rotatable bonds is 6. The van der Waals surface area contributed by atoms with Gasteiger partial charge in [-0.05, 0) is 5.92 Å². The smallest absolute Gasteiger partial charge is 0.221 e. The zero-order valence-electron chi connectivity index (χ0n) is 9.73. The molecule has 6 heteroatoms. The fourth-order valence-electron chi connectivity index (χ4n) is 1.19. The second kappa shape index (κ2) is 6.22. The van der Waals surface area contributed by atoms with Crippen LogP contribution in [-0.2, 0) is 11.2 Å². The van der Waals surface area contributed by atoms with Gasteiger partial charge in [-0.3, -0.25) is 9.89 Å².